The van der Waals surface area contributed by atoms with Gasteiger partial charge in [-0.05, 0) is 30.7 Å². The first-order chi connectivity index (χ1) is 6.95. The number of benzene rings is 1. The van der Waals surface area contributed by atoms with Gasteiger partial charge in [0.1, 0.15) is 5.41 Å². The molecule has 1 aliphatic heterocycles. The van der Waals surface area contributed by atoms with Gasteiger partial charge >= 0.3 is 5.97 Å². The predicted octanol–water partition coefficient (Wildman–Crippen LogP) is 2.24. The molecule has 0 bridgehead atoms. The molecule has 1 heterocycles. The first-order valence-corrected chi connectivity index (χ1v) is 5.49. The van der Waals surface area contributed by atoms with E-state index in [-0.39, 0.29) is 0 Å². The Morgan fingerprint density at radius 2 is 2.27 bits per heavy atom. The van der Waals surface area contributed by atoms with Crippen LogP contribution < -0.4 is 4.90 Å². The standard InChI is InChI=1S/C11H12BrNO2/c1-11(10(14)15)6-13(2)9-4-3-7(12)5-8(9)11/h3-5H,6H2,1-2H3,(H,14,15). The van der Waals surface area contributed by atoms with Crippen LogP contribution in [-0.2, 0) is 10.2 Å². The maximum atomic E-state index is 11.3. The number of aliphatic carboxylic acids is 1. The molecule has 1 atom stereocenters. The number of nitrogens with zero attached hydrogens (tertiary/aromatic N) is 1. The smallest absolute Gasteiger partial charge is 0.315 e. The van der Waals surface area contributed by atoms with Crippen molar-refractivity contribution in [1.82, 2.24) is 0 Å². The molecule has 3 nitrogen and oxygen atoms in total. The topological polar surface area (TPSA) is 40.5 Å². The maximum absolute atomic E-state index is 11.3. The fourth-order valence-corrected chi connectivity index (χ4v) is 2.47. The van der Waals surface area contributed by atoms with Gasteiger partial charge in [-0.3, -0.25) is 4.79 Å². The fraction of sp³-hybridized carbons (Fsp3) is 0.364. The second-order valence-electron chi connectivity index (χ2n) is 4.15. The van der Waals surface area contributed by atoms with Crippen molar-refractivity contribution >= 4 is 27.6 Å². The fourth-order valence-electron chi connectivity index (χ4n) is 2.11. The zero-order valence-corrected chi connectivity index (χ0v) is 10.2. The van der Waals surface area contributed by atoms with Crippen molar-refractivity contribution in [3.05, 3.63) is 28.2 Å². The number of hydrogen-bond donors (Lipinski definition) is 1. The number of carbonyl (C=O) groups is 1. The second-order valence-corrected chi connectivity index (χ2v) is 5.07. The molecular weight excluding hydrogens is 258 g/mol. The van der Waals surface area contributed by atoms with Crippen LogP contribution >= 0.6 is 15.9 Å². The van der Waals surface area contributed by atoms with Crippen molar-refractivity contribution in [1.29, 1.82) is 0 Å². The highest BCUT2D eigenvalue weighted by Crippen LogP contribution is 2.41. The summed E-state index contributed by atoms with van der Waals surface area (Å²) < 4.78 is 0.920. The van der Waals surface area contributed by atoms with E-state index in [2.05, 4.69) is 15.9 Å². The third-order valence-corrected chi connectivity index (χ3v) is 3.48. The third-order valence-electron chi connectivity index (χ3n) is 2.99. The molecule has 1 aromatic carbocycles. The summed E-state index contributed by atoms with van der Waals surface area (Å²) in [7, 11) is 1.92. The molecule has 1 aromatic rings. The molecule has 0 amide bonds. The maximum Gasteiger partial charge on any atom is 0.315 e. The van der Waals surface area contributed by atoms with Crippen molar-refractivity contribution in [2.24, 2.45) is 0 Å². The van der Waals surface area contributed by atoms with Gasteiger partial charge in [-0.2, -0.15) is 0 Å². The van der Waals surface area contributed by atoms with Crippen LogP contribution in [0.15, 0.2) is 22.7 Å². The van der Waals surface area contributed by atoms with Crippen LogP contribution in [0, 0.1) is 0 Å². The van der Waals surface area contributed by atoms with E-state index in [4.69, 9.17) is 0 Å². The Morgan fingerprint density at radius 3 is 2.87 bits per heavy atom. The SMILES string of the molecule is CN1CC(C)(C(=O)O)c2cc(Br)ccc21. The van der Waals surface area contributed by atoms with Crippen molar-refractivity contribution in [3.8, 4) is 0 Å². The molecule has 1 N–H and O–H groups in total. The molecule has 0 aliphatic carbocycles. The van der Waals surface area contributed by atoms with E-state index >= 15 is 0 Å². The van der Waals surface area contributed by atoms with Gasteiger partial charge in [-0.1, -0.05) is 15.9 Å². The highest BCUT2D eigenvalue weighted by molar-refractivity contribution is 9.10. The lowest BCUT2D eigenvalue weighted by atomic mass is 9.85. The average molecular weight is 270 g/mol. The van der Waals surface area contributed by atoms with Gasteiger partial charge in [0.2, 0.25) is 0 Å². The Bertz CT molecular complexity index is 433. The van der Waals surface area contributed by atoms with Crippen molar-refractivity contribution in [2.75, 3.05) is 18.5 Å². The van der Waals surface area contributed by atoms with Gasteiger partial charge in [0.15, 0.2) is 0 Å². The van der Waals surface area contributed by atoms with E-state index in [0.717, 1.165) is 15.7 Å². The van der Waals surface area contributed by atoms with E-state index in [1.807, 2.05) is 30.1 Å². The zero-order valence-electron chi connectivity index (χ0n) is 8.62. The highest BCUT2D eigenvalue weighted by Gasteiger charge is 2.43. The summed E-state index contributed by atoms with van der Waals surface area (Å²) in [5.74, 6) is -0.772. The number of rotatable bonds is 1. The molecule has 0 saturated carbocycles. The van der Waals surface area contributed by atoms with Crippen molar-refractivity contribution in [2.45, 2.75) is 12.3 Å². The minimum absolute atomic E-state index is 0.522. The lowest BCUT2D eigenvalue weighted by Crippen LogP contribution is -2.36. The van der Waals surface area contributed by atoms with E-state index < -0.39 is 11.4 Å². The van der Waals surface area contributed by atoms with E-state index in [9.17, 15) is 9.90 Å². The summed E-state index contributed by atoms with van der Waals surface area (Å²) in [6.07, 6.45) is 0. The molecule has 15 heavy (non-hydrogen) atoms. The highest BCUT2D eigenvalue weighted by atomic mass is 79.9. The van der Waals surface area contributed by atoms with E-state index in [0.29, 0.717) is 6.54 Å². The number of carboxylic acids is 1. The van der Waals surface area contributed by atoms with Crippen LogP contribution in [-0.4, -0.2) is 24.7 Å². The van der Waals surface area contributed by atoms with Crippen molar-refractivity contribution < 1.29 is 9.90 Å². The van der Waals surface area contributed by atoms with Crippen LogP contribution in [0.25, 0.3) is 0 Å². The Morgan fingerprint density at radius 1 is 1.60 bits per heavy atom. The molecule has 1 unspecified atom stereocenters. The molecule has 2 rings (SSSR count). The van der Waals surface area contributed by atoms with Crippen molar-refractivity contribution in [3.63, 3.8) is 0 Å². The normalized spacial score (nSPS) is 24.1. The molecule has 1 aliphatic rings. The number of anilines is 1. The molecule has 0 spiro atoms. The molecule has 0 radical (unpaired) electrons. The summed E-state index contributed by atoms with van der Waals surface area (Å²) in [6, 6.07) is 5.78. The van der Waals surface area contributed by atoms with E-state index in [1.54, 1.807) is 6.92 Å². The number of fused-ring (bicyclic) bond motifs is 1. The minimum atomic E-state index is -0.798. The Kier molecular flexibility index (Phi) is 2.26. The average Bonchev–Trinajstić information content (AvgIpc) is 2.40. The monoisotopic (exact) mass is 269 g/mol. The van der Waals surface area contributed by atoms with Gasteiger partial charge in [-0.15, -0.1) is 0 Å². The van der Waals surface area contributed by atoms with Crippen LogP contribution in [0.1, 0.15) is 12.5 Å². The quantitative estimate of drug-likeness (QED) is 0.850. The summed E-state index contributed by atoms with van der Waals surface area (Å²) >= 11 is 3.37. The first-order valence-electron chi connectivity index (χ1n) is 4.70. The predicted molar refractivity (Wildman–Crippen MR) is 62.4 cm³/mol. The Balaban J connectivity index is 2.62. The molecule has 0 aromatic heterocycles. The summed E-state index contributed by atoms with van der Waals surface area (Å²) in [6.45, 7) is 2.29. The molecule has 0 fully saturated rings. The van der Waals surface area contributed by atoms with Crippen LogP contribution in [0.5, 0.6) is 0 Å². The van der Waals surface area contributed by atoms with Gasteiger partial charge in [0.25, 0.3) is 0 Å². The van der Waals surface area contributed by atoms with Gasteiger partial charge in [-0.25, -0.2) is 0 Å². The number of carboxylic acid groups (broad SMARTS) is 1. The lowest BCUT2D eigenvalue weighted by Gasteiger charge is -2.19. The number of halogens is 1. The first kappa shape index (κ1) is 10.5. The number of hydrogen-bond acceptors (Lipinski definition) is 2. The van der Waals surface area contributed by atoms with Gasteiger partial charge in [0, 0.05) is 23.8 Å². The van der Waals surface area contributed by atoms with Gasteiger partial charge < -0.3 is 10.0 Å². The lowest BCUT2D eigenvalue weighted by molar-refractivity contribution is -0.142. The minimum Gasteiger partial charge on any atom is -0.481 e. The third kappa shape index (κ3) is 1.44. The Hall–Kier alpha value is -1.03. The molecule has 80 valence electrons. The Labute approximate surface area is 96.8 Å². The largest absolute Gasteiger partial charge is 0.481 e. The molecule has 0 saturated heterocycles. The van der Waals surface area contributed by atoms with E-state index in [1.165, 1.54) is 0 Å². The summed E-state index contributed by atoms with van der Waals surface area (Å²) in [4.78, 5) is 13.3. The zero-order chi connectivity index (χ0) is 11.2. The summed E-state index contributed by atoms with van der Waals surface area (Å²) in [5.41, 5.74) is 1.09. The van der Waals surface area contributed by atoms with Crippen LogP contribution in [0.3, 0.4) is 0 Å². The van der Waals surface area contributed by atoms with Crippen LogP contribution in [0.4, 0.5) is 5.69 Å². The second kappa shape index (κ2) is 3.23. The molecule has 4 heteroatoms. The van der Waals surface area contributed by atoms with Gasteiger partial charge in [0.05, 0.1) is 0 Å². The summed E-state index contributed by atoms with van der Waals surface area (Å²) in [5, 5.41) is 9.29. The number of likely N-dealkylation sites (N-methyl/N-ethyl adjacent to an activating group) is 1. The molecular formula is C11H12BrNO2. The van der Waals surface area contributed by atoms with Crippen LogP contribution in [0.2, 0.25) is 0 Å².